The molecule has 0 saturated carbocycles. The molecule has 0 saturated heterocycles. The van der Waals surface area contributed by atoms with Crippen LogP contribution >= 0.6 is 27.3 Å². The fraction of sp³-hybridized carbons (Fsp3) is 0.0952. The molecule has 1 aromatic carbocycles. The van der Waals surface area contributed by atoms with E-state index in [1.807, 2.05) is 6.07 Å². The van der Waals surface area contributed by atoms with E-state index in [0.29, 0.717) is 37.7 Å². The van der Waals surface area contributed by atoms with E-state index in [2.05, 4.69) is 25.9 Å². The molecule has 4 aromatic heterocycles. The summed E-state index contributed by atoms with van der Waals surface area (Å²) in [6.07, 6.45) is 3.30. The van der Waals surface area contributed by atoms with Gasteiger partial charge in [0.25, 0.3) is 11.2 Å². The SMILES string of the molecule is Cc1cc([N+](=O)[O-])c(C)cc1-c1ccc(C=c2sc3nc4cc(Br)cnc4n3c2=O)o1. The largest absolute Gasteiger partial charge is 0.457 e. The van der Waals surface area contributed by atoms with Crippen LogP contribution in [-0.2, 0) is 0 Å². The van der Waals surface area contributed by atoms with E-state index in [-0.39, 0.29) is 11.2 Å². The number of hydrogen-bond acceptors (Lipinski definition) is 7. The number of rotatable bonds is 3. The molecule has 0 fully saturated rings. The van der Waals surface area contributed by atoms with Crippen molar-refractivity contribution in [1.82, 2.24) is 14.4 Å². The fourth-order valence-corrected chi connectivity index (χ4v) is 4.76. The third kappa shape index (κ3) is 3.24. The quantitative estimate of drug-likeness (QED) is 0.271. The minimum atomic E-state index is -0.395. The van der Waals surface area contributed by atoms with Crippen molar-refractivity contribution in [3.05, 3.63) is 82.9 Å². The van der Waals surface area contributed by atoms with Crippen molar-refractivity contribution in [3.8, 4) is 11.3 Å². The van der Waals surface area contributed by atoms with Crippen LogP contribution in [0.4, 0.5) is 5.69 Å². The molecule has 5 rings (SSSR count). The number of thiazole rings is 1. The number of nitro groups is 1. The van der Waals surface area contributed by atoms with Gasteiger partial charge in [-0.15, -0.1) is 0 Å². The van der Waals surface area contributed by atoms with Gasteiger partial charge in [0.2, 0.25) is 0 Å². The average molecular weight is 497 g/mol. The summed E-state index contributed by atoms with van der Waals surface area (Å²) in [6.45, 7) is 3.49. The van der Waals surface area contributed by atoms with Crippen LogP contribution in [0.3, 0.4) is 0 Å². The lowest BCUT2D eigenvalue weighted by Gasteiger charge is -2.05. The van der Waals surface area contributed by atoms with Crippen LogP contribution in [0, 0.1) is 24.0 Å². The Labute approximate surface area is 186 Å². The van der Waals surface area contributed by atoms with E-state index in [1.54, 1.807) is 44.3 Å². The number of aryl methyl sites for hydroxylation is 2. The van der Waals surface area contributed by atoms with Crippen LogP contribution in [0.5, 0.6) is 0 Å². The number of nitrogens with zero attached hydrogens (tertiary/aromatic N) is 4. The van der Waals surface area contributed by atoms with E-state index in [9.17, 15) is 14.9 Å². The number of pyridine rings is 1. The summed E-state index contributed by atoms with van der Waals surface area (Å²) in [7, 11) is 0. The van der Waals surface area contributed by atoms with Crippen LogP contribution < -0.4 is 10.1 Å². The Balaban J connectivity index is 1.59. The molecule has 10 heteroatoms. The van der Waals surface area contributed by atoms with Crippen molar-refractivity contribution < 1.29 is 9.34 Å². The molecular weight excluding hydrogens is 484 g/mol. The first-order valence-electron chi connectivity index (χ1n) is 9.16. The van der Waals surface area contributed by atoms with Gasteiger partial charge in [-0.25, -0.2) is 14.4 Å². The van der Waals surface area contributed by atoms with E-state index >= 15 is 0 Å². The Bertz CT molecular complexity index is 1630. The highest BCUT2D eigenvalue weighted by atomic mass is 79.9. The van der Waals surface area contributed by atoms with E-state index < -0.39 is 4.92 Å². The molecule has 0 unspecified atom stereocenters. The van der Waals surface area contributed by atoms with Gasteiger partial charge in [0.05, 0.1) is 4.92 Å². The molecular formula is C21H13BrN4O4S. The third-order valence-corrected chi connectivity index (χ3v) is 6.36. The van der Waals surface area contributed by atoms with Gasteiger partial charge < -0.3 is 4.42 Å². The van der Waals surface area contributed by atoms with E-state index in [4.69, 9.17) is 4.42 Å². The van der Waals surface area contributed by atoms with Gasteiger partial charge in [-0.2, -0.15) is 0 Å². The summed E-state index contributed by atoms with van der Waals surface area (Å²) in [5.74, 6) is 1.08. The number of hydrogen-bond donors (Lipinski definition) is 0. The van der Waals surface area contributed by atoms with Crippen molar-refractivity contribution in [2.45, 2.75) is 13.8 Å². The zero-order valence-electron chi connectivity index (χ0n) is 16.2. The van der Waals surface area contributed by atoms with Crippen molar-refractivity contribution in [3.63, 3.8) is 0 Å². The molecule has 0 N–H and O–H groups in total. The molecule has 4 heterocycles. The Morgan fingerprint density at radius 1 is 1.23 bits per heavy atom. The minimum Gasteiger partial charge on any atom is -0.457 e. The van der Waals surface area contributed by atoms with Crippen LogP contribution in [0.25, 0.3) is 33.5 Å². The van der Waals surface area contributed by atoms with Crippen LogP contribution in [0.1, 0.15) is 16.9 Å². The smallest absolute Gasteiger partial charge is 0.276 e. The number of fused-ring (bicyclic) bond motifs is 3. The zero-order valence-corrected chi connectivity index (χ0v) is 18.7. The van der Waals surface area contributed by atoms with Crippen molar-refractivity contribution in [2.75, 3.05) is 0 Å². The van der Waals surface area contributed by atoms with Crippen molar-refractivity contribution >= 4 is 55.2 Å². The summed E-state index contributed by atoms with van der Waals surface area (Å²) < 4.78 is 8.70. The predicted molar refractivity (Wildman–Crippen MR) is 121 cm³/mol. The fourth-order valence-electron chi connectivity index (χ4n) is 3.48. The molecule has 0 spiro atoms. The molecule has 0 aliphatic rings. The molecule has 0 aliphatic carbocycles. The standard InChI is InChI=1S/C21H13BrN4O4S/c1-10-6-16(26(28)29)11(2)5-14(10)17-4-3-13(30-17)8-18-20(27)25-19-15(24-21(25)31-18)7-12(22)9-23-19/h3-9H,1-2H3. The predicted octanol–water partition coefficient (Wildman–Crippen LogP) is 4.40. The molecule has 0 radical (unpaired) electrons. The molecule has 5 aromatic rings. The van der Waals surface area contributed by atoms with Gasteiger partial charge in [-0.05, 0) is 59.6 Å². The Kier molecular flexibility index (Phi) is 4.49. The maximum Gasteiger partial charge on any atom is 0.276 e. The molecule has 154 valence electrons. The molecule has 0 amide bonds. The van der Waals surface area contributed by atoms with Crippen LogP contribution in [-0.4, -0.2) is 19.3 Å². The first-order chi connectivity index (χ1) is 14.8. The molecule has 0 aliphatic heterocycles. The van der Waals surface area contributed by atoms with E-state index in [1.165, 1.54) is 21.8 Å². The highest BCUT2D eigenvalue weighted by molar-refractivity contribution is 9.10. The topological polar surface area (TPSA) is 104 Å². The number of halogens is 1. The highest BCUT2D eigenvalue weighted by Gasteiger charge is 2.17. The Hall–Kier alpha value is -3.37. The highest BCUT2D eigenvalue weighted by Crippen LogP contribution is 2.31. The van der Waals surface area contributed by atoms with Crippen molar-refractivity contribution in [2.24, 2.45) is 0 Å². The first-order valence-corrected chi connectivity index (χ1v) is 10.8. The maximum atomic E-state index is 12.9. The summed E-state index contributed by atoms with van der Waals surface area (Å²) in [5.41, 5.74) is 3.08. The summed E-state index contributed by atoms with van der Waals surface area (Å²) >= 11 is 4.62. The molecule has 0 bridgehead atoms. The number of benzene rings is 1. The molecule has 31 heavy (non-hydrogen) atoms. The number of aromatic nitrogens is 3. The Morgan fingerprint density at radius 3 is 2.81 bits per heavy atom. The second-order valence-electron chi connectivity index (χ2n) is 7.05. The first kappa shape index (κ1) is 19.6. The van der Waals surface area contributed by atoms with Gasteiger partial charge >= 0.3 is 0 Å². The number of furan rings is 1. The number of imidazole rings is 1. The lowest BCUT2D eigenvalue weighted by Crippen LogP contribution is -2.22. The molecule has 0 atom stereocenters. The lowest BCUT2D eigenvalue weighted by molar-refractivity contribution is -0.385. The summed E-state index contributed by atoms with van der Waals surface area (Å²) in [6, 6.07) is 8.65. The Morgan fingerprint density at radius 2 is 2.03 bits per heavy atom. The maximum absolute atomic E-state index is 12.9. The van der Waals surface area contributed by atoms with Gasteiger partial charge in [-0.1, -0.05) is 11.3 Å². The van der Waals surface area contributed by atoms with Gasteiger partial charge in [0.1, 0.15) is 21.6 Å². The summed E-state index contributed by atoms with van der Waals surface area (Å²) in [5, 5.41) is 11.1. The van der Waals surface area contributed by atoms with Crippen LogP contribution in [0.15, 0.2) is 50.2 Å². The average Bonchev–Trinajstić information content (AvgIpc) is 3.39. The van der Waals surface area contributed by atoms with Gasteiger partial charge in [-0.3, -0.25) is 14.9 Å². The normalized spacial score (nSPS) is 12.3. The second kappa shape index (κ2) is 7.10. The second-order valence-corrected chi connectivity index (χ2v) is 8.98. The number of nitro benzene ring substituents is 1. The van der Waals surface area contributed by atoms with E-state index in [0.717, 1.165) is 15.6 Å². The van der Waals surface area contributed by atoms with Crippen LogP contribution in [0.2, 0.25) is 0 Å². The zero-order chi connectivity index (χ0) is 21.9. The molecule has 8 nitrogen and oxygen atoms in total. The lowest BCUT2D eigenvalue weighted by atomic mass is 10.0. The monoisotopic (exact) mass is 496 g/mol. The van der Waals surface area contributed by atoms with Gasteiger partial charge in [0.15, 0.2) is 10.6 Å². The third-order valence-electron chi connectivity index (χ3n) is 4.95. The van der Waals surface area contributed by atoms with Crippen molar-refractivity contribution in [1.29, 1.82) is 0 Å². The summed E-state index contributed by atoms with van der Waals surface area (Å²) in [4.78, 5) is 33.0. The minimum absolute atomic E-state index is 0.0744. The van der Waals surface area contributed by atoms with Gasteiger partial charge in [0, 0.05) is 33.9 Å².